The van der Waals surface area contributed by atoms with Crippen molar-refractivity contribution in [3.05, 3.63) is 90.4 Å². The quantitative estimate of drug-likeness (QED) is 0.606. The highest BCUT2D eigenvalue weighted by Gasteiger charge is 2.08. The SMILES string of the molecule is O=C(Cc1ccc(-c2ccccc2)cc1)NCc1nnc2ccccn12. The van der Waals surface area contributed by atoms with Gasteiger partial charge in [-0.25, -0.2) is 0 Å². The van der Waals surface area contributed by atoms with Crippen molar-refractivity contribution in [3.8, 4) is 11.1 Å². The number of fused-ring (bicyclic) bond motifs is 1. The van der Waals surface area contributed by atoms with Gasteiger partial charge in [0, 0.05) is 6.20 Å². The summed E-state index contributed by atoms with van der Waals surface area (Å²) in [5.74, 6) is 0.679. The molecule has 1 N–H and O–H groups in total. The van der Waals surface area contributed by atoms with Gasteiger partial charge in [0.2, 0.25) is 5.91 Å². The number of carbonyl (C=O) groups is 1. The van der Waals surface area contributed by atoms with Gasteiger partial charge in [0.1, 0.15) is 0 Å². The Morgan fingerprint density at radius 1 is 0.846 bits per heavy atom. The molecule has 0 saturated heterocycles. The van der Waals surface area contributed by atoms with Crippen LogP contribution >= 0.6 is 0 Å². The maximum Gasteiger partial charge on any atom is 0.224 e. The van der Waals surface area contributed by atoms with Crippen LogP contribution in [0.5, 0.6) is 0 Å². The maximum atomic E-state index is 12.2. The van der Waals surface area contributed by atoms with Gasteiger partial charge in [-0.2, -0.15) is 0 Å². The number of aromatic nitrogens is 3. The van der Waals surface area contributed by atoms with Crippen LogP contribution in [0.1, 0.15) is 11.4 Å². The lowest BCUT2D eigenvalue weighted by molar-refractivity contribution is -0.120. The number of nitrogens with zero attached hydrogens (tertiary/aromatic N) is 3. The van der Waals surface area contributed by atoms with Gasteiger partial charge in [-0.3, -0.25) is 9.20 Å². The highest BCUT2D eigenvalue weighted by Crippen LogP contribution is 2.19. The highest BCUT2D eigenvalue weighted by atomic mass is 16.1. The van der Waals surface area contributed by atoms with Crippen molar-refractivity contribution in [2.45, 2.75) is 13.0 Å². The molecule has 0 aliphatic heterocycles. The summed E-state index contributed by atoms with van der Waals surface area (Å²) in [4.78, 5) is 12.2. The van der Waals surface area contributed by atoms with Gasteiger partial charge < -0.3 is 5.32 Å². The molecule has 0 fully saturated rings. The first-order chi connectivity index (χ1) is 12.8. The first-order valence-corrected chi connectivity index (χ1v) is 8.49. The monoisotopic (exact) mass is 342 g/mol. The maximum absolute atomic E-state index is 12.2. The molecule has 26 heavy (non-hydrogen) atoms. The van der Waals surface area contributed by atoms with Crippen molar-refractivity contribution in [1.29, 1.82) is 0 Å². The minimum atomic E-state index is -0.0369. The Morgan fingerprint density at radius 3 is 2.38 bits per heavy atom. The Kier molecular flexibility index (Phi) is 4.43. The zero-order valence-electron chi connectivity index (χ0n) is 14.2. The summed E-state index contributed by atoms with van der Waals surface area (Å²) >= 11 is 0. The molecule has 0 aliphatic rings. The molecule has 2 aromatic carbocycles. The van der Waals surface area contributed by atoms with E-state index in [0.29, 0.717) is 18.8 Å². The standard InChI is InChI=1S/C21H18N4O/c26-21(22-15-20-24-23-19-8-4-5-13-25(19)20)14-16-9-11-18(12-10-16)17-6-2-1-3-7-17/h1-13H,14-15H2,(H,22,26). The Bertz CT molecular complexity index is 1020. The van der Waals surface area contributed by atoms with Crippen LogP contribution in [0.2, 0.25) is 0 Å². The van der Waals surface area contributed by atoms with E-state index in [2.05, 4.69) is 27.6 Å². The van der Waals surface area contributed by atoms with E-state index in [1.807, 2.05) is 71.3 Å². The lowest BCUT2D eigenvalue weighted by Gasteiger charge is -2.06. The van der Waals surface area contributed by atoms with E-state index in [-0.39, 0.29) is 5.91 Å². The van der Waals surface area contributed by atoms with E-state index in [4.69, 9.17) is 0 Å². The van der Waals surface area contributed by atoms with Crippen molar-refractivity contribution in [1.82, 2.24) is 19.9 Å². The van der Waals surface area contributed by atoms with Crippen LogP contribution in [-0.4, -0.2) is 20.5 Å². The number of benzene rings is 2. The van der Waals surface area contributed by atoms with Crippen LogP contribution in [0, 0.1) is 0 Å². The second-order valence-electron chi connectivity index (χ2n) is 6.06. The fourth-order valence-corrected chi connectivity index (χ4v) is 2.88. The van der Waals surface area contributed by atoms with E-state index < -0.39 is 0 Å². The molecule has 2 heterocycles. The second-order valence-corrected chi connectivity index (χ2v) is 6.06. The molecular formula is C21H18N4O. The van der Waals surface area contributed by atoms with E-state index in [1.54, 1.807) is 0 Å². The summed E-state index contributed by atoms with van der Waals surface area (Å²) in [6.07, 6.45) is 2.23. The Balaban J connectivity index is 1.37. The first-order valence-electron chi connectivity index (χ1n) is 8.49. The summed E-state index contributed by atoms with van der Waals surface area (Å²) in [5, 5.41) is 11.1. The molecule has 0 atom stereocenters. The average Bonchev–Trinajstić information content (AvgIpc) is 3.11. The van der Waals surface area contributed by atoms with E-state index in [9.17, 15) is 4.79 Å². The summed E-state index contributed by atoms with van der Waals surface area (Å²) in [6, 6.07) is 24.0. The lowest BCUT2D eigenvalue weighted by atomic mass is 10.0. The van der Waals surface area contributed by atoms with E-state index in [0.717, 1.165) is 16.8 Å². The van der Waals surface area contributed by atoms with Gasteiger partial charge in [-0.05, 0) is 28.8 Å². The highest BCUT2D eigenvalue weighted by molar-refractivity contribution is 5.78. The van der Waals surface area contributed by atoms with Crippen molar-refractivity contribution in [3.63, 3.8) is 0 Å². The molecule has 0 bridgehead atoms. The molecule has 0 spiro atoms. The lowest BCUT2D eigenvalue weighted by Crippen LogP contribution is -2.25. The average molecular weight is 342 g/mol. The van der Waals surface area contributed by atoms with Gasteiger partial charge in [0.15, 0.2) is 11.5 Å². The molecular weight excluding hydrogens is 324 g/mol. The molecule has 0 unspecified atom stereocenters. The fraction of sp³-hybridized carbons (Fsp3) is 0.0952. The predicted octanol–water partition coefficient (Wildman–Crippen LogP) is 3.26. The van der Waals surface area contributed by atoms with Crippen molar-refractivity contribution >= 4 is 11.6 Å². The molecule has 0 radical (unpaired) electrons. The van der Waals surface area contributed by atoms with Crippen molar-refractivity contribution < 1.29 is 4.79 Å². The smallest absolute Gasteiger partial charge is 0.224 e. The molecule has 1 amide bonds. The molecule has 128 valence electrons. The third kappa shape index (κ3) is 3.47. The second kappa shape index (κ2) is 7.19. The third-order valence-electron chi connectivity index (χ3n) is 4.25. The van der Waals surface area contributed by atoms with Crippen LogP contribution in [0.4, 0.5) is 0 Å². The number of nitrogens with one attached hydrogen (secondary N) is 1. The van der Waals surface area contributed by atoms with Crippen LogP contribution in [0.3, 0.4) is 0 Å². The molecule has 5 heteroatoms. The third-order valence-corrected chi connectivity index (χ3v) is 4.25. The van der Waals surface area contributed by atoms with Gasteiger partial charge in [-0.15, -0.1) is 10.2 Å². The van der Waals surface area contributed by atoms with Crippen LogP contribution in [-0.2, 0) is 17.8 Å². The number of hydrogen-bond acceptors (Lipinski definition) is 3. The largest absolute Gasteiger partial charge is 0.348 e. The van der Waals surface area contributed by atoms with Gasteiger partial charge in [0.05, 0.1) is 13.0 Å². The summed E-state index contributed by atoms with van der Waals surface area (Å²) in [5.41, 5.74) is 4.06. The number of pyridine rings is 1. The zero-order chi connectivity index (χ0) is 17.8. The minimum absolute atomic E-state index is 0.0369. The number of carbonyl (C=O) groups excluding carboxylic acids is 1. The van der Waals surface area contributed by atoms with Crippen LogP contribution in [0.25, 0.3) is 16.8 Å². The summed E-state index contributed by atoms with van der Waals surface area (Å²) in [7, 11) is 0. The zero-order valence-corrected chi connectivity index (χ0v) is 14.2. The molecule has 0 saturated carbocycles. The Labute approximate surface area is 151 Å². The molecule has 0 aliphatic carbocycles. The normalized spacial score (nSPS) is 10.8. The summed E-state index contributed by atoms with van der Waals surface area (Å²) < 4.78 is 1.87. The molecule has 4 aromatic rings. The van der Waals surface area contributed by atoms with Gasteiger partial charge in [0.25, 0.3) is 0 Å². The topological polar surface area (TPSA) is 59.3 Å². The van der Waals surface area contributed by atoms with Crippen LogP contribution in [0.15, 0.2) is 79.0 Å². The van der Waals surface area contributed by atoms with Crippen LogP contribution < -0.4 is 5.32 Å². The van der Waals surface area contributed by atoms with Gasteiger partial charge >= 0.3 is 0 Å². The Morgan fingerprint density at radius 2 is 1.58 bits per heavy atom. The van der Waals surface area contributed by atoms with Gasteiger partial charge in [-0.1, -0.05) is 60.7 Å². The number of amides is 1. The number of rotatable bonds is 5. The Hall–Kier alpha value is -3.47. The molecule has 4 rings (SSSR count). The van der Waals surface area contributed by atoms with Crippen molar-refractivity contribution in [2.24, 2.45) is 0 Å². The minimum Gasteiger partial charge on any atom is -0.348 e. The van der Waals surface area contributed by atoms with E-state index >= 15 is 0 Å². The predicted molar refractivity (Wildman–Crippen MR) is 100 cm³/mol. The number of hydrogen-bond donors (Lipinski definition) is 1. The molecule has 2 aromatic heterocycles. The molecule has 5 nitrogen and oxygen atoms in total. The first kappa shape index (κ1) is 16.0. The van der Waals surface area contributed by atoms with E-state index in [1.165, 1.54) is 5.56 Å². The summed E-state index contributed by atoms with van der Waals surface area (Å²) in [6.45, 7) is 0.353. The van der Waals surface area contributed by atoms with Crippen molar-refractivity contribution in [2.75, 3.05) is 0 Å². The fourth-order valence-electron chi connectivity index (χ4n) is 2.88.